The lowest BCUT2D eigenvalue weighted by Gasteiger charge is -2.11. The largest absolute Gasteiger partial charge is 0.426 e. The van der Waals surface area contributed by atoms with Gasteiger partial charge in [0, 0.05) is 31.4 Å². The Kier molecular flexibility index (Phi) is 3.64. The van der Waals surface area contributed by atoms with Gasteiger partial charge in [0.25, 0.3) is 0 Å². The Morgan fingerprint density at radius 2 is 2.00 bits per heavy atom. The molecule has 5 nitrogen and oxygen atoms in total. The van der Waals surface area contributed by atoms with Gasteiger partial charge in [-0.05, 0) is 12.1 Å². The summed E-state index contributed by atoms with van der Waals surface area (Å²) < 4.78 is 5.22. The van der Waals surface area contributed by atoms with Crippen LogP contribution >= 0.6 is 0 Å². The maximum Gasteiger partial charge on any atom is 0.308 e. The first-order valence-corrected chi connectivity index (χ1v) is 5.50. The van der Waals surface area contributed by atoms with Crippen molar-refractivity contribution < 1.29 is 9.53 Å². The van der Waals surface area contributed by atoms with Gasteiger partial charge in [0.1, 0.15) is 5.75 Å². The second-order valence-electron chi connectivity index (χ2n) is 3.66. The van der Waals surface area contributed by atoms with Crippen molar-refractivity contribution in [2.24, 2.45) is 5.73 Å². The maximum absolute atomic E-state index is 11.2. The number of benzene rings is 1. The predicted octanol–water partition coefficient (Wildman–Crippen LogP) is 1.53. The summed E-state index contributed by atoms with van der Waals surface area (Å²) in [6, 6.07) is 7.17. The summed E-state index contributed by atoms with van der Waals surface area (Å²) in [5.74, 6) is 0.538. The first-order chi connectivity index (χ1) is 8.72. The number of hydrogen-bond acceptors (Lipinski definition) is 5. The number of rotatable bonds is 3. The Labute approximate surface area is 105 Å². The van der Waals surface area contributed by atoms with Crippen LogP contribution in [0.25, 0.3) is 11.4 Å². The summed E-state index contributed by atoms with van der Waals surface area (Å²) >= 11 is 0. The Hall–Kier alpha value is -2.27. The summed E-state index contributed by atoms with van der Waals surface area (Å²) in [5.41, 5.74) is 7.05. The summed E-state index contributed by atoms with van der Waals surface area (Å²) in [6.45, 7) is 1.63. The molecule has 0 amide bonds. The number of esters is 1. The van der Waals surface area contributed by atoms with Gasteiger partial charge in [-0.1, -0.05) is 12.1 Å². The van der Waals surface area contributed by atoms with Crippen molar-refractivity contribution in [2.75, 3.05) is 0 Å². The third kappa shape index (κ3) is 2.52. The monoisotopic (exact) mass is 243 g/mol. The van der Waals surface area contributed by atoms with Crippen LogP contribution in [0.1, 0.15) is 12.5 Å². The van der Waals surface area contributed by atoms with E-state index in [1.54, 1.807) is 24.5 Å². The van der Waals surface area contributed by atoms with E-state index in [2.05, 4.69) is 9.97 Å². The van der Waals surface area contributed by atoms with E-state index >= 15 is 0 Å². The standard InChI is InChI=1S/C13H13N3O2/c1-9(17)18-12-10(8-14)4-2-5-11(12)13-15-6-3-7-16-13/h2-7H,8,14H2,1H3. The van der Waals surface area contributed by atoms with Gasteiger partial charge in [0.05, 0.1) is 5.56 Å². The van der Waals surface area contributed by atoms with Gasteiger partial charge >= 0.3 is 5.97 Å². The summed E-state index contributed by atoms with van der Waals surface area (Å²) in [5, 5.41) is 0. The molecule has 0 fully saturated rings. The number of para-hydroxylation sites is 1. The first kappa shape index (κ1) is 12.2. The van der Waals surface area contributed by atoms with Crippen molar-refractivity contribution in [3.05, 3.63) is 42.2 Å². The number of hydrogen-bond donors (Lipinski definition) is 1. The molecular formula is C13H13N3O2. The zero-order valence-electron chi connectivity index (χ0n) is 9.96. The highest BCUT2D eigenvalue weighted by molar-refractivity contribution is 5.75. The summed E-state index contributed by atoms with van der Waals surface area (Å²) in [6.07, 6.45) is 3.27. The number of nitrogens with zero attached hydrogens (tertiary/aromatic N) is 2. The van der Waals surface area contributed by atoms with Crippen LogP contribution in [0.2, 0.25) is 0 Å². The smallest absolute Gasteiger partial charge is 0.308 e. The van der Waals surface area contributed by atoms with E-state index in [-0.39, 0.29) is 6.54 Å². The van der Waals surface area contributed by atoms with Gasteiger partial charge in [0.15, 0.2) is 5.82 Å². The normalized spacial score (nSPS) is 10.1. The molecule has 92 valence electrons. The molecular weight excluding hydrogens is 230 g/mol. The van der Waals surface area contributed by atoms with Crippen LogP contribution in [-0.2, 0) is 11.3 Å². The minimum Gasteiger partial charge on any atom is -0.426 e. The van der Waals surface area contributed by atoms with Crippen molar-refractivity contribution >= 4 is 5.97 Å². The molecule has 1 aromatic carbocycles. The fourth-order valence-electron chi connectivity index (χ4n) is 1.62. The van der Waals surface area contributed by atoms with Crippen LogP contribution < -0.4 is 10.5 Å². The molecule has 0 bridgehead atoms. The van der Waals surface area contributed by atoms with E-state index in [4.69, 9.17) is 10.5 Å². The molecule has 0 atom stereocenters. The Morgan fingerprint density at radius 1 is 1.28 bits per heavy atom. The van der Waals surface area contributed by atoms with E-state index in [0.29, 0.717) is 17.1 Å². The number of carbonyl (C=O) groups is 1. The number of ether oxygens (including phenoxy) is 1. The molecule has 0 saturated heterocycles. The third-order valence-electron chi connectivity index (χ3n) is 2.37. The minimum atomic E-state index is -0.395. The molecule has 0 saturated carbocycles. The zero-order chi connectivity index (χ0) is 13.0. The van der Waals surface area contributed by atoms with Crippen LogP contribution in [0.4, 0.5) is 0 Å². The van der Waals surface area contributed by atoms with Crippen LogP contribution in [0.15, 0.2) is 36.7 Å². The number of carbonyl (C=O) groups excluding carboxylic acids is 1. The molecule has 18 heavy (non-hydrogen) atoms. The molecule has 0 radical (unpaired) electrons. The average Bonchev–Trinajstić information content (AvgIpc) is 2.39. The predicted molar refractivity (Wildman–Crippen MR) is 66.7 cm³/mol. The van der Waals surface area contributed by atoms with Gasteiger partial charge in [-0.15, -0.1) is 0 Å². The summed E-state index contributed by atoms with van der Waals surface area (Å²) in [4.78, 5) is 19.5. The fourth-order valence-corrected chi connectivity index (χ4v) is 1.62. The highest BCUT2D eigenvalue weighted by atomic mass is 16.5. The molecule has 5 heteroatoms. The molecule has 1 heterocycles. The average molecular weight is 243 g/mol. The topological polar surface area (TPSA) is 78.1 Å². The van der Waals surface area contributed by atoms with Crippen molar-refractivity contribution in [3.63, 3.8) is 0 Å². The molecule has 0 spiro atoms. The lowest BCUT2D eigenvalue weighted by atomic mass is 10.1. The highest BCUT2D eigenvalue weighted by Crippen LogP contribution is 2.30. The molecule has 2 N–H and O–H groups in total. The molecule has 0 aliphatic carbocycles. The lowest BCUT2D eigenvalue weighted by molar-refractivity contribution is -0.131. The zero-order valence-corrected chi connectivity index (χ0v) is 9.96. The highest BCUT2D eigenvalue weighted by Gasteiger charge is 2.14. The second-order valence-corrected chi connectivity index (χ2v) is 3.66. The van der Waals surface area contributed by atoms with E-state index < -0.39 is 5.97 Å². The van der Waals surface area contributed by atoms with Gasteiger partial charge < -0.3 is 10.5 Å². The van der Waals surface area contributed by atoms with Crippen LogP contribution in [-0.4, -0.2) is 15.9 Å². The number of nitrogens with two attached hydrogens (primary N) is 1. The Morgan fingerprint density at radius 3 is 2.61 bits per heavy atom. The number of aromatic nitrogens is 2. The second kappa shape index (κ2) is 5.37. The van der Waals surface area contributed by atoms with E-state index in [1.807, 2.05) is 12.1 Å². The fraction of sp³-hybridized carbons (Fsp3) is 0.154. The first-order valence-electron chi connectivity index (χ1n) is 5.50. The van der Waals surface area contributed by atoms with Crippen molar-refractivity contribution in [1.29, 1.82) is 0 Å². The van der Waals surface area contributed by atoms with Crippen molar-refractivity contribution in [3.8, 4) is 17.1 Å². The van der Waals surface area contributed by atoms with Gasteiger partial charge in [-0.2, -0.15) is 0 Å². The SMILES string of the molecule is CC(=O)Oc1c(CN)cccc1-c1ncccn1. The van der Waals surface area contributed by atoms with Gasteiger partial charge in [0.2, 0.25) is 0 Å². The Balaban J connectivity index is 2.56. The molecule has 2 aromatic rings. The molecule has 2 rings (SSSR count). The third-order valence-corrected chi connectivity index (χ3v) is 2.37. The molecule has 1 aromatic heterocycles. The molecule has 0 aliphatic rings. The summed E-state index contributed by atoms with van der Waals surface area (Å²) in [7, 11) is 0. The Bertz CT molecular complexity index is 555. The maximum atomic E-state index is 11.2. The molecule has 0 aliphatic heterocycles. The van der Waals surface area contributed by atoms with Crippen LogP contribution in [0.5, 0.6) is 5.75 Å². The van der Waals surface area contributed by atoms with Crippen molar-refractivity contribution in [2.45, 2.75) is 13.5 Å². The van der Waals surface area contributed by atoms with Crippen LogP contribution in [0, 0.1) is 0 Å². The van der Waals surface area contributed by atoms with E-state index in [0.717, 1.165) is 5.56 Å². The quantitative estimate of drug-likeness (QED) is 0.653. The minimum absolute atomic E-state index is 0.281. The van der Waals surface area contributed by atoms with Gasteiger partial charge in [-0.25, -0.2) is 9.97 Å². The molecule has 0 unspecified atom stereocenters. The lowest BCUT2D eigenvalue weighted by Crippen LogP contribution is -2.08. The van der Waals surface area contributed by atoms with E-state index in [1.165, 1.54) is 6.92 Å². The van der Waals surface area contributed by atoms with Crippen LogP contribution in [0.3, 0.4) is 0 Å². The van der Waals surface area contributed by atoms with Crippen molar-refractivity contribution in [1.82, 2.24) is 9.97 Å². The van der Waals surface area contributed by atoms with Gasteiger partial charge in [-0.3, -0.25) is 4.79 Å². The van der Waals surface area contributed by atoms with E-state index in [9.17, 15) is 4.79 Å².